The Morgan fingerprint density at radius 2 is 0.408 bits per heavy atom. The average Bonchev–Trinajstić information content (AvgIpc) is 0.972. The Bertz CT molecular complexity index is 2010. The maximum atomic E-state index is 13.1. The van der Waals surface area contributed by atoms with Crippen molar-refractivity contribution in [2.45, 2.75) is 453 Å². The van der Waals surface area contributed by atoms with Crippen molar-refractivity contribution in [1.29, 1.82) is 0 Å². The van der Waals surface area contributed by atoms with E-state index in [-0.39, 0.29) is 25.7 Å². The van der Waals surface area contributed by atoms with Gasteiger partial charge < -0.3 is 33.8 Å². The van der Waals surface area contributed by atoms with Gasteiger partial charge in [-0.25, -0.2) is 9.13 Å². The Hall–Kier alpha value is -1.94. The fourth-order valence-corrected chi connectivity index (χ4v) is 14.5. The number of phosphoric ester groups is 2. The first-order chi connectivity index (χ1) is 49.6. The van der Waals surface area contributed by atoms with Crippen LogP contribution in [0.25, 0.3) is 0 Å². The van der Waals surface area contributed by atoms with E-state index >= 15 is 0 Å². The van der Waals surface area contributed by atoms with Crippen molar-refractivity contribution in [3.63, 3.8) is 0 Å². The molecule has 0 fully saturated rings. The number of carbonyl (C=O) groups excluding carboxylic acids is 4. The maximum absolute atomic E-state index is 13.1. The molecule has 103 heavy (non-hydrogen) atoms. The monoisotopic (exact) mass is 1510 g/mol. The maximum Gasteiger partial charge on any atom is 0.472 e. The number of phosphoric acid groups is 2. The number of aliphatic hydroxyl groups is 1. The standard InChI is InChI=1S/C84H164O17P2/c1-74(2)60-52-44-36-28-23-19-15-11-9-10-12-17-21-25-31-40-48-56-64-81(86)94-70-79(100-83(88)66-58-50-42-32-26-22-18-14-13-16-20-24-29-37-45-53-61-75(3)4)72-98-102(90,91)96-68-78(85)69-97-103(92,93)99-73-80(71-95-82(87)65-57-49-41-35-34-39-47-55-63-77(7)8)101-84(89)67-59-51-43-33-27-30-38-46-54-62-76(5)6/h74-80,85H,9-73H2,1-8H3,(H,90,91)(H,92,93)/t78?,79-,80-/m1/s1. The average molecular weight is 1510 g/mol. The minimum absolute atomic E-state index is 0.105. The summed E-state index contributed by atoms with van der Waals surface area (Å²) in [6, 6.07) is 0. The van der Waals surface area contributed by atoms with Crippen LogP contribution in [0, 0.1) is 23.7 Å². The van der Waals surface area contributed by atoms with E-state index in [2.05, 4.69) is 55.4 Å². The lowest BCUT2D eigenvalue weighted by Gasteiger charge is -2.21. The zero-order valence-corrected chi connectivity index (χ0v) is 69.7. The first-order valence-corrected chi connectivity index (χ1v) is 46.2. The number of rotatable bonds is 81. The third kappa shape index (κ3) is 78.0. The van der Waals surface area contributed by atoms with Crippen molar-refractivity contribution in [3.8, 4) is 0 Å². The van der Waals surface area contributed by atoms with E-state index < -0.39 is 97.5 Å². The van der Waals surface area contributed by atoms with Crippen molar-refractivity contribution >= 4 is 39.5 Å². The van der Waals surface area contributed by atoms with Crippen LogP contribution in [0.15, 0.2) is 0 Å². The van der Waals surface area contributed by atoms with Crippen LogP contribution in [0.1, 0.15) is 434 Å². The summed E-state index contributed by atoms with van der Waals surface area (Å²) in [6.07, 6.45) is 61.2. The fraction of sp³-hybridized carbons (Fsp3) is 0.952. The van der Waals surface area contributed by atoms with Gasteiger partial charge in [0.25, 0.3) is 0 Å². The minimum Gasteiger partial charge on any atom is -0.462 e. The highest BCUT2D eigenvalue weighted by Gasteiger charge is 2.30. The van der Waals surface area contributed by atoms with E-state index in [1.165, 1.54) is 238 Å². The number of carbonyl (C=O) groups is 4. The van der Waals surface area contributed by atoms with E-state index in [0.717, 1.165) is 114 Å². The summed E-state index contributed by atoms with van der Waals surface area (Å²) in [5, 5.41) is 10.7. The molecule has 5 atom stereocenters. The van der Waals surface area contributed by atoms with Gasteiger partial charge >= 0.3 is 39.5 Å². The highest BCUT2D eigenvalue weighted by Crippen LogP contribution is 2.45. The number of hydrogen-bond donors (Lipinski definition) is 3. The first-order valence-electron chi connectivity index (χ1n) is 43.2. The number of unbranched alkanes of at least 4 members (excludes halogenated alkanes) is 47. The van der Waals surface area contributed by atoms with Crippen LogP contribution in [0.5, 0.6) is 0 Å². The van der Waals surface area contributed by atoms with Gasteiger partial charge in [0.2, 0.25) is 0 Å². The lowest BCUT2D eigenvalue weighted by molar-refractivity contribution is -0.161. The van der Waals surface area contributed by atoms with Crippen LogP contribution < -0.4 is 0 Å². The van der Waals surface area contributed by atoms with Gasteiger partial charge in [-0.1, -0.05) is 383 Å². The molecule has 0 spiro atoms. The molecule has 0 saturated heterocycles. The van der Waals surface area contributed by atoms with Crippen LogP contribution in [-0.2, 0) is 65.4 Å². The van der Waals surface area contributed by atoms with Gasteiger partial charge in [0, 0.05) is 25.7 Å². The van der Waals surface area contributed by atoms with Crippen LogP contribution in [-0.4, -0.2) is 96.7 Å². The van der Waals surface area contributed by atoms with Gasteiger partial charge in [-0.15, -0.1) is 0 Å². The number of esters is 4. The zero-order valence-electron chi connectivity index (χ0n) is 68.0. The van der Waals surface area contributed by atoms with Gasteiger partial charge in [-0.05, 0) is 49.4 Å². The molecule has 0 aliphatic rings. The van der Waals surface area contributed by atoms with Crippen LogP contribution in [0.4, 0.5) is 0 Å². The highest BCUT2D eigenvalue weighted by molar-refractivity contribution is 7.47. The molecule has 0 aromatic rings. The van der Waals surface area contributed by atoms with E-state index in [4.69, 9.17) is 37.0 Å². The lowest BCUT2D eigenvalue weighted by atomic mass is 10.0. The molecule has 0 aliphatic carbocycles. The third-order valence-electron chi connectivity index (χ3n) is 19.6. The van der Waals surface area contributed by atoms with Crippen molar-refractivity contribution in [1.82, 2.24) is 0 Å². The molecule has 0 aliphatic heterocycles. The predicted octanol–water partition coefficient (Wildman–Crippen LogP) is 25.2. The second-order valence-corrected chi connectivity index (χ2v) is 35.0. The van der Waals surface area contributed by atoms with Gasteiger partial charge in [0.05, 0.1) is 26.4 Å². The van der Waals surface area contributed by atoms with Crippen molar-refractivity contribution < 1.29 is 80.2 Å². The fourth-order valence-electron chi connectivity index (χ4n) is 13.0. The summed E-state index contributed by atoms with van der Waals surface area (Å²) in [6.45, 7) is 14.3. The number of ether oxygens (including phenoxy) is 4. The summed E-state index contributed by atoms with van der Waals surface area (Å²) in [5.74, 6) is 0.983. The molecule has 19 heteroatoms. The van der Waals surface area contributed by atoms with Gasteiger partial charge in [0.15, 0.2) is 12.2 Å². The van der Waals surface area contributed by atoms with E-state index in [0.29, 0.717) is 25.7 Å². The summed E-state index contributed by atoms with van der Waals surface area (Å²) in [4.78, 5) is 73.1. The number of aliphatic hydroxyl groups excluding tert-OH is 1. The molecule has 0 aromatic heterocycles. The Morgan fingerprint density at radius 1 is 0.243 bits per heavy atom. The van der Waals surface area contributed by atoms with E-state index in [9.17, 15) is 43.2 Å². The SMILES string of the molecule is CC(C)CCCCCCCCCCCCCCCCCCCCC(=O)OC[C@H](COP(=O)(O)OCC(O)COP(=O)(O)OC[C@@H](COC(=O)CCCCCCCCCCC(C)C)OC(=O)CCCCCCCCCCCC(C)C)OC(=O)CCCCCCCCCCCCCCCCCCC(C)C. The molecule has 17 nitrogen and oxygen atoms in total. The summed E-state index contributed by atoms with van der Waals surface area (Å²) in [5.41, 5.74) is 0. The second kappa shape index (κ2) is 72.9. The second-order valence-electron chi connectivity index (χ2n) is 32.1. The molecular formula is C84H164O17P2. The summed E-state index contributed by atoms with van der Waals surface area (Å²) < 4.78 is 68.8. The largest absolute Gasteiger partial charge is 0.472 e. The Morgan fingerprint density at radius 3 is 0.602 bits per heavy atom. The van der Waals surface area contributed by atoms with Gasteiger partial charge in [0.1, 0.15) is 19.3 Å². The minimum atomic E-state index is -4.97. The Labute approximate surface area is 632 Å². The lowest BCUT2D eigenvalue weighted by Crippen LogP contribution is -2.30. The van der Waals surface area contributed by atoms with Crippen molar-refractivity contribution in [2.24, 2.45) is 23.7 Å². The quantitative estimate of drug-likeness (QED) is 0.0222. The first kappa shape index (κ1) is 101. The van der Waals surface area contributed by atoms with Gasteiger partial charge in [-0.2, -0.15) is 0 Å². The zero-order chi connectivity index (χ0) is 76.0. The molecule has 3 N–H and O–H groups in total. The molecular weight excluding hydrogens is 1340 g/mol. The predicted molar refractivity (Wildman–Crippen MR) is 423 cm³/mol. The normalized spacial score (nSPS) is 14.0. The van der Waals surface area contributed by atoms with E-state index in [1.807, 2.05) is 0 Å². The van der Waals surface area contributed by atoms with E-state index in [1.54, 1.807) is 0 Å². The van der Waals surface area contributed by atoms with Crippen molar-refractivity contribution in [3.05, 3.63) is 0 Å². The molecule has 0 heterocycles. The van der Waals surface area contributed by atoms with Crippen LogP contribution in [0.3, 0.4) is 0 Å². The van der Waals surface area contributed by atoms with Crippen LogP contribution >= 0.6 is 15.6 Å². The van der Waals surface area contributed by atoms with Crippen LogP contribution in [0.2, 0.25) is 0 Å². The summed E-state index contributed by atoms with van der Waals surface area (Å²) >= 11 is 0. The molecule has 0 aromatic carbocycles. The summed E-state index contributed by atoms with van der Waals surface area (Å²) in [7, 11) is -9.92. The molecule has 0 amide bonds. The Balaban J connectivity index is 5.22. The topological polar surface area (TPSA) is 237 Å². The number of hydrogen-bond acceptors (Lipinski definition) is 15. The smallest absolute Gasteiger partial charge is 0.462 e. The van der Waals surface area contributed by atoms with Gasteiger partial charge in [-0.3, -0.25) is 37.3 Å². The molecule has 0 bridgehead atoms. The van der Waals surface area contributed by atoms with Crippen molar-refractivity contribution in [2.75, 3.05) is 39.6 Å². The molecule has 3 unspecified atom stereocenters. The molecule has 612 valence electrons. The third-order valence-corrected chi connectivity index (χ3v) is 21.5. The molecule has 0 radical (unpaired) electrons. The highest BCUT2D eigenvalue weighted by atomic mass is 31.2. The molecule has 0 saturated carbocycles. The Kier molecular flexibility index (Phi) is 71.5. The molecule has 0 rings (SSSR count).